The van der Waals surface area contributed by atoms with E-state index >= 15 is 0 Å². The number of unbranched alkanes of at least 4 members (excludes halogenated alkanes) is 7. The second kappa shape index (κ2) is 14.9. The number of phenols is 2. The first-order valence-corrected chi connectivity index (χ1v) is 15.3. The van der Waals surface area contributed by atoms with Crippen molar-refractivity contribution >= 4 is 16.7 Å². The first-order valence-electron chi connectivity index (χ1n) is 15.3. The van der Waals surface area contributed by atoms with Crippen molar-refractivity contribution in [3.05, 3.63) is 59.7 Å². The maximum Gasteiger partial charge on any atom is 0.453 e. The lowest BCUT2D eigenvalue weighted by molar-refractivity contribution is -0.284. The molecule has 3 aromatic rings. The van der Waals surface area contributed by atoms with Gasteiger partial charge in [-0.1, -0.05) is 82.6 Å². The zero-order valence-corrected chi connectivity index (χ0v) is 25.4. The predicted octanol–water partition coefficient (Wildman–Crippen LogP) is 11.2. The van der Waals surface area contributed by atoms with Gasteiger partial charge in [0.2, 0.25) is 0 Å². The van der Waals surface area contributed by atoms with Crippen LogP contribution in [-0.4, -0.2) is 33.4 Å². The van der Waals surface area contributed by atoms with Crippen LogP contribution < -0.4 is 0 Å². The summed E-state index contributed by atoms with van der Waals surface area (Å²) in [6.45, 7) is 2.06. The fraction of sp³-hybridized carbons (Fsp3) is 0.500. The Morgan fingerprint density at radius 3 is 1.78 bits per heavy atom. The second-order valence-corrected chi connectivity index (χ2v) is 11.8. The average molecular weight is 663 g/mol. The van der Waals surface area contributed by atoms with E-state index in [2.05, 4.69) is 6.92 Å². The summed E-state index contributed by atoms with van der Waals surface area (Å²) in [6, 6.07) is 8.75. The molecular weight excluding hydrogens is 624 g/mol. The number of benzene rings is 3. The number of alkyl halides is 8. The first-order chi connectivity index (χ1) is 21.4. The molecule has 1 unspecified atom stereocenters. The molecule has 0 saturated carbocycles. The highest BCUT2D eigenvalue weighted by Crippen LogP contribution is 2.49. The van der Waals surface area contributed by atoms with E-state index in [9.17, 15) is 55.2 Å². The number of aliphatic carboxylic acids is 1. The fourth-order valence-electron chi connectivity index (χ4n) is 6.07. The Hall–Kier alpha value is -3.57. The molecule has 0 aliphatic rings. The molecule has 0 amide bonds. The van der Waals surface area contributed by atoms with Crippen molar-refractivity contribution in [1.29, 1.82) is 0 Å². The molecule has 3 aromatic carbocycles. The van der Waals surface area contributed by atoms with E-state index in [0.717, 1.165) is 44.2 Å². The molecule has 3 N–H and O–H groups in total. The third-order valence-corrected chi connectivity index (χ3v) is 8.46. The van der Waals surface area contributed by atoms with Crippen molar-refractivity contribution in [2.75, 3.05) is 0 Å². The van der Waals surface area contributed by atoms with Gasteiger partial charge in [-0.15, -0.1) is 0 Å². The molecule has 1 atom stereocenters. The van der Waals surface area contributed by atoms with Crippen LogP contribution in [0.15, 0.2) is 48.5 Å². The van der Waals surface area contributed by atoms with E-state index in [1.165, 1.54) is 30.3 Å². The van der Waals surface area contributed by atoms with Crippen LogP contribution in [0, 0.1) is 0 Å². The Morgan fingerprint density at radius 1 is 0.652 bits per heavy atom. The van der Waals surface area contributed by atoms with E-state index in [1.807, 2.05) is 0 Å². The molecule has 0 radical (unpaired) electrons. The Kier molecular flexibility index (Phi) is 11.9. The predicted molar refractivity (Wildman–Crippen MR) is 159 cm³/mol. The van der Waals surface area contributed by atoms with Gasteiger partial charge in [-0.2, -0.15) is 35.1 Å². The number of rotatable bonds is 16. The Balaban J connectivity index is 2.24. The Labute approximate surface area is 262 Å². The molecule has 0 aromatic heterocycles. The van der Waals surface area contributed by atoms with Crippen molar-refractivity contribution in [2.24, 2.45) is 0 Å². The van der Waals surface area contributed by atoms with Gasteiger partial charge < -0.3 is 15.3 Å². The lowest BCUT2D eigenvalue weighted by atomic mass is 9.68. The summed E-state index contributed by atoms with van der Waals surface area (Å²) in [5, 5.41) is 31.1. The van der Waals surface area contributed by atoms with Crippen LogP contribution in [0.5, 0.6) is 11.5 Å². The van der Waals surface area contributed by atoms with Gasteiger partial charge in [0.1, 0.15) is 11.5 Å². The molecule has 254 valence electrons. The largest absolute Gasteiger partial charge is 0.508 e. The quantitative estimate of drug-likeness (QED) is 0.105. The molecular formula is C34H38F8O4. The summed E-state index contributed by atoms with van der Waals surface area (Å²) >= 11 is 0. The SMILES string of the molecule is CCCCCCCCCCC(CCCC(F)(F)C(F)(F)F)(C(=O)O)c1c(-c2ccc(O)cc2C(F)(F)F)ccc2cc(O)ccc12. The maximum absolute atomic E-state index is 14.3. The van der Waals surface area contributed by atoms with Gasteiger partial charge >= 0.3 is 24.2 Å². The summed E-state index contributed by atoms with van der Waals surface area (Å²) in [4.78, 5) is 13.3. The van der Waals surface area contributed by atoms with Gasteiger partial charge in [0.15, 0.2) is 0 Å². The molecule has 0 spiro atoms. The first kappa shape index (κ1) is 36.9. The molecule has 0 heterocycles. The van der Waals surface area contributed by atoms with Crippen molar-refractivity contribution < 1.29 is 55.2 Å². The van der Waals surface area contributed by atoms with E-state index in [1.54, 1.807) is 0 Å². The summed E-state index contributed by atoms with van der Waals surface area (Å²) < 4.78 is 110. The number of hydrogen-bond acceptors (Lipinski definition) is 3. The average Bonchev–Trinajstić information content (AvgIpc) is 2.96. The number of carbonyl (C=O) groups is 1. The van der Waals surface area contributed by atoms with Gasteiger partial charge in [0.25, 0.3) is 0 Å². The van der Waals surface area contributed by atoms with Gasteiger partial charge in [-0.05, 0) is 71.0 Å². The molecule has 12 heteroatoms. The number of hydrogen-bond donors (Lipinski definition) is 3. The smallest absolute Gasteiger partial charge is 0.453 e. The van der Waals surface area contributed by atoms with Gasteiger partial charge in [-0.25, -0.2) is 0 Å². The fourth-order valence-corrected chi connectivity index (χ4v) is 6.07. The minimum Gasteiger partial charge on any atom is -0.508 e. The van der Waals surface area contributed by atoms with E-state index in [-0.39, 0.29) is 40.5 Å². The topological polar surface area (TPSA) is 77.8 Å². The summed E-state index contributed by atoms with van der Waals surface area (Å²) in [6.07, 6.45) is -8.12. The third-order valence-electron chi connectivity index (χ3n) is 8.46. The van der Waals surface area contributed by atoms with Crippen molar-refractivity contribution in [3.8, 4) is 22.6 Å². The minimum absolute atomic E-state index is 0.0982. The lowest BCUT2D eigenvalue weighted by Crippen LogP contribution is -2.39. The molecule has 0 fully saturated rings. The number of aromatic hydroxyl groups is 2. The van der Waals surface area contributed by atoms with Crippen LogP contribution in [0.3, 0.4) is 0 Å². The summed E-state index contributed by atoms with van der Waals surface area (Å²) in [5.41, 5.74) is -4.39. The Morgan fingerprint density at radius 2 is 1.20 bits per heavy atom. The van der Waals surface area contributed by atoms with Crippen LogP contribution in [0.4, 0.5) is 35.1 Å². The van der Waals surface area contributed by atoms with Crippen molar-refractivity contribution in [1.82, 2.24) is 0 Å². The standard InChI is InChI=1S/C34H38F8O4/c1-2-3-4-5-6-7-8-9-17-31(30(45)46,18-10-19-32(35,36)34(40,41)42)29-25-15-12-23(43)20-22(25)11-14-27(29)26-16-13-24(44)21-28(26)33(37,38)39/h11-16,20-21,43-44H,2-10,17-19H2,1H3,(H,45,46). The van der Waals surface area contributed by atoms with Gasteiger partial charge in [0, 0.05) is 6.42 Å². The van der Waals surface area contributed by atoms with Gasteiger partial charge in [-0.3, -0.25) is 4.79 Å². The van der Waals surface area contributed by atoms with Crippen LogP contribution in [0.25, 0.3) is 21.9 Å². The van der Waals surface area contributed by atoms with Crippen molar-refractivity contribution in [3.63, 3.8) is 0 Å². The highest BCUT2D eigenvalue weighted by atomic mass is 19.4. The molecule has 0 aliphatic heterocycles. The molecule has 3 rings (SSSR count). The molecule has 0 bridgehead atoms. The van der Waals surface area contributed by atoms with Crippen LogP contribution >= 0.6 is 0 Å². The monoisotopic (exact) mass is 662 g/mol. The molecule has 0 aliphatic carbocycles. The van der Waals surface area contributed by atoms with Gasteiger partial charge in [0.05, 0.1) is 11.0 Å². The second-order valence-electron chi connectivity index (χ2n) is 11.8. The highest BCUT2D eigenvalue weighted by Gasteiger charge is 2.57. The highest BCUT2D eigenvalue weighted by molar-refractivity contribution is 5.99. The van der Waals surface area contributed by atoms with E-state index < -0.39 is 65.8 Å². The number of carboxylic acid groups (broad SMARTS) is 1. The molecule has 0 saturated heterocycles. The zero-order chi connectivity index (χ0) is 34.3. The normalized spacial score (nSPS) is 14.0. The summed E-state index contributed by atoms with van der Waals surface area (Å²) in [5.74, 6) is -7.63. The van der Waals surface area contributed by atoms with E-state index in [0.29, 0.717) is 18.9 Å². The van der Waals surface area contributed by atoms with Crippen LogP contribution in [0.1, 0.15) is 95.1 Å². The number of fused-ring (bicyclic) bond motifs is 1. The summed E-state index contributed by atoms with van der Waals surface area (Å²) in [7, 11) is 0. The molecule has 4 nitrogen and oxygen atoms in total. The zero-order valence-electron chi connectivity index (χ0n) is 25.4. The van der Waals surface area contributed by atoms with Crippen LogP contribution in [0.2, 0.25) is 0 Å². The van der Waals surface area contributed by atoms with Crippen LogP contribution in [-0.2, 0) is 16.4 Å². The minimum atomic E-state index is -5.87. The third kappa shape index (κ3) is 8.61. The van der Waals surface area contributed by atoms with Crippen molar-refractivity contribution in [2.45, 2.75) is 108 Å². The number of phenolic OH excluding ortho intramolecular Hbond substituents is 2. The lowest BCUT2D eigenvalue weighted by Gasteiger charge is -2.34. The van der Waals surface area contributed by atoms with E-state index in [4.69, 9.17) is 0 Å². The molecule has 46 heavy (non-hydrogen) atoms. The maximum atomic E-state index is 14.3. The number of carboxylic acids is 1. The Bertz CT molecular complexity index is 1480. The number of halogens is 8.